The molecule has 2 heterocycles. The Bertz CT molecular complexity index is 1150. The molecule has 4 aromatic rings. The molecule has 158 valence electrons. The average molecular weight is 432 g/mol. The second-order valence-electron chi connectivity index (χ2n) is 7.34. The van der Waals surface area contributed by atoms with Crippen LogP contribution in [0.1, 0.15) is 36.9 Å². The molecule has 0 bridgehead atoms. The lowest BCUT2D eigenvalue weighted by Crippen LogP contribution is -2.34. The van der Waals surface area contributed by atoms with Crippen LogP contribution in [-0.4, -0.2) is 27.5 Å². The molecule has 6 heteroatoms. The average Bonchev–Trinajstić information content (AvgIpc) is 3.26. The Morgan fingerprint density at radius 1 is 1.06 bits per heavy atom. The molecule has 0 saturated carbocycles. The number of carbonyl (C=O) groups is 1. The predicted molar refractivity (Wildman–Crippen MR) is 125 cm³/mol. The molecular formula is C25H25N3O2S. The molecule has 0 aliphatic carbocycles. The van der Waals surface area contributed by atoms with E-state index in [1.54, 1.807) is 4.90 Å². The van der Waals surface area contributed by atoms with E-state index in [0.29, 0.717) is 6.54 Å². The summed E-state index contributed by atoms with van der Waals surface area (Å²) < 4.78 is 5.60. The lowest BCUT2D eigenvalue weighted by molar-refractivity contribution is 0.0829. The standard InChI is InChI=1S/C25H25N3O2S/c1-3-16-28(25(29)30-17-19-10-6-4-7-11-19)18(2)23-27-22-21(14-15-26-24(22)31-23)20-12-8-5-9-13-20/h4-15,18H,3,16-17H2,1-2H3. The second-order valence-corrected chi connectivity index (χ2v) is 8.35. The summed E-state index contributed by atoms with van der Waals surface area (Å²) in [7, 11) is 0. The third kappa shape index (κ3) is 4.75. The van der Waals surface area contributed by atoms with Crippen LogP contribution in [0.25, 0.3) is 21.5 Å². The summed E-state index contributed by atoms with van der Waals surface area (Å²) in [6.45, 7) is 4.91. The minimum atomic E-state index is -0.325. The van der Waals surface area contributed by atoms with Gasteiger partial charge in [0.2, 0.25) is 0 Å². The van der Waals surface area contributed by atoms with Crippen LogP contribution in [0.2, 0.25) is 0 Å². The molecule has 31 heavy (non-hydrogen) atoms. The second kappa shape index (κ2) is 9.71. The van der Waals surface area contributed by atoms with E-state index >= 15 is 0 Å². The predicted octanol–water partition coefficient (Wildman–Crippen LogP) is 6.47. The number of pyridine rings is 1. The molecule has 1 atom stereocenters. The number of benzene rings is 2. The van der Waals surface area contributed by atoms with Crippen molar-refractivity contribution < 1.29 is 9.53 Å². The molecule has 0 aliphatic rings. The summed E-state index contributed by atoms with van der Waals surface area (Å²) in [4.78, 5) is 24.9. The number of nitrogens with zero attached hydrogens (tertiary/aromatic N) is 3. The normalized spacial score (nSPS) is 11.9. The van der Waals surface area contributed by atoms with Gasteiger partial charge in [0.1, 0.15) is 22.0 Å². The summed E-state index contributed by atoms with van der Waals surface area (Å²) >= 11 is 1.53. The molecule has 0 radical (unpaired) electrons. The van der Waals surface area contributed by atoms with Crippen molar-refractivity contribution in [3.05, 3.63) is 83.5 Å². The number of hydrogen-bond donors (Lipinski definition) is 0. The lowest BCUT2D eigenvalue weighted by Gasteiger charge is -2.26. The quantitative estimate of drug-likeness (QED) is 0.337. The maximum Gasteiger partial charge on any atom is 0.410 e. The van der Waals surface area contributed by atoms with Crippen LogP contribution in [0.5, 0.6) is 0 Å². The Morgan fingerprint density at radius 3 is 2.48 bits per heavy atom. The Morgan fingerprint density at radius 2 is 1.77 bits per heavy atom. The number of amides is 1. The highest BCUT2D eigenvalue weighted by atomic mass is 32.1. The van der Waals surface area contributed by atoms with E-state index in [9.17, 15) is 4.79 Å². The smallest absolute Gasteiger partial charge is 0.410 e. The highest BCUT2D eigenvalue weighted by molar-refractivity contribution is 7.18. The summed E-state index contributed by atoms with van der Waals surface area (Å²) in [5.41, 5.74) is 3.99. The SMILES string of the molecule is CCCN(C(=O)OCc1ccccc1)C(C)c1nc2c(-c3ccccc3)ccnc2s1. The monoisotopic (exact) mass is 431 g/mol. The molecule has 5 nitrogen and oxygen atoms in total. The fourth-order valence-electron chi connectivity index (χ4n) is 3.50. The Hall–Kier alpha value is -3.25. The molecule has 0 aliphatic heterocycles. The van der Waals surface area contributed by atoms with E-state index in [4.69, 9.17) is 9.72 Å². The van der Waals surface area contributed by atoms with Crippen molar-refractivity contribution in [1.82, 2.24) is 14.9 Å². The number of hydrogen-bond acceptors (Lipinski definition) is 5. The first-order valence-corrected chi connectivity index (χ1v) is 11.3. The van der Waals surface area contributed by atoms with Crippen molar-refractivity contribution >= 4 is 27.8 Å². The molecule has 1 amide bonds. The first-order valence-electron chi connectivity index (χ1n) is 10.5. The highest BCUT2D eigenvalue weighted by Crippen LogP contribution is 2.34. The maximum atomic E-state index is 12.9. The van der Waals surface area contributed by atoms with Crippen LogP contribution in [0, 0.1) is 0 Å². The van der Waals surface area contributed by atoms with Gasteiger partial charge in [0.05, 0.1) is 6.04 Å². The van der Waals surface area contributed by atoms with Gasteiger partial charge in [-0.15, -0.1) is 0 Å². The van der Waals surface area contributed by atoms with Crippen LogP contribution in [0.3, 0.4) is 0 Å². The molecule has 2 aromatic carbocycles. The van der Waals surface area contributed by atoms with Gasteiger partial charge < -0.3 is 4.74 Å². The van der Waals surface area contributed by atoms with Crippen molar-refractivity contribution in [3.8, 4) is 11.1 Å². The Balaban J connectivity index is 1.58. The van der Waals surface area contributed by atoms with Gasteiger partial charge in [-0.3, -0.25) is 4.90 Å². The van der Waals surface area contributed by atoms with Gasteiger partial charge in [0.15, 0.2) is 0 Å². The van der Waals surface area contributed by atoms with E-state index in [1.165, 1.54) is 11.3 Å². The van der Waals surface area contributed by atoms with Gasteiger partial charge in [-0.2, -0.15) is 0 Å². The van der Waals surface area contributed by atoms with Gasteiger partial charge >= 0.3 is 6.09 Å². The fourth-order valence-corrected chi connectivity index (χ4v) is 4.50. The van der Waals surface area contributed by atoms with E-state index in [2.05, 4.69) is 24.0 Å². The van der Waals surface area contributed by atoms with Crippen LogP contribution in [0.4, 0.5) is 4.79 Å². The van der Waals surface area contributed by atoms with E-state index in [1.807, 2.05) is 67.7 Å². The van der Waals surface area contributed by atoms with Crippen molar-refractivity contribution in [2.75, 3.05) is 6.54 Å². The number of rotatable bonds is 7. The molecule has 0 N–H and O–H groups in total. The number of thiazole rings is 1. The van der Waals surface area contributed by atoms with Crippen molar-refractivity contribution in [2.24, 2.45) is 0 Å². The zero-order valence-electron chi connectivity index (χ0n) is 17.7. The fraction of sp³-hybridized carbons (Fsp3) is 0.240. The number of aromatic nitrogens is 2. The summed E-state index contributed by atoms with van der Waals surface area (Å²) in [6, 6.07) is 21.7. The van der Waals surface area contributed by atoms with Crippen LogP contribution >= 0.6 is 11.3 Å². The lowest BCUT2D eigenvalue weighted by atomic mass is 10.1. The van der Waals surface area contributed by atoms with Crippen molar-refractivity contribution in [3.63, 3.8) is 0 Å². The third-order valence-electron chi connectivity index (χ3n) is 5.13. The number of ether oxygens (including phenoxy) is 1. The number of carbonyl (C=O) groups excluding carboxylic acids is 1. The Labute approximate surface area is 186 Å². The summed E-state index contributed by atoms with van der Waals surface area (Å²) in [5.74, 6) is 0. The van der Waals surface area contributed by atoms with Crippen molar-refractivity contribution in [2.45, 2.75) is 32.9 Å². The summed E-state index contributed by atoms with van der Waals surface area (Å²) in [5, 5.41) is 0.857. The minimum Gasteiger partial charge on any atom is -0.445 e. The molecule has 4 rings (SSSR count). The number of fused-ring (bicyclic) bond motifs is 1. The third-order valence-corrected chi connectivity index (χ3v) is 6.26. The maximum absolute atomic E-state index is 12.9. The molecule has 0 saturated heterocycles. The van der Waals surface area contributed by atoms with Gasteiger partial charge in [0, 0.05) is 18.3 Å². The largest absolute Gasteiger partial charge is 0.445 e. The van der Waals surface area contributed by atoms with E-state index < -0.39 is 0 Å². The van der Waals surface area contributed by atoms with Gasteiger partial charge in [-0.1, -0.05) is 78.9 Å². The van der Waals surface area contributed by atoms with Crippen molar-refractivity contribution in [1.29, 1.82) is 0 Å². The molecule has 1 unspecified atom stereocenters. The molecule has 2 aromatic heterocycles. The zero-order chi connectivity index (χ0) is 21.6. The molecule has 0 spiro atoms. The van der Waals surface area contributed by atoms with Crippen LogP contribution in [-0.2, 0) is 11.3 Å². The minimum absolute atomic E-state index is 0.203. The van der Waals surface area contributed by atoms with E-state index in [-0.39, 0.29) is 18.7 Å². The molecular weight excluding hydrogens is 406 g/mol. The Kier molecular flexibility index (Phi) is 6.57. The summed E-state index contributed by atoms with van der Waals surface area (Å²) in [6.07, 6.45) is 2.33. The van der Waals surface area contributed by atoms with E-state index in [0.717, 1.165) is 38.5 Å². The first kappa shape index (κ1) is 21.0. The van der Waals surface area contributed by atoms with Crippen LogP contribution < -0.4 is 0 Å². The van der Waals surface area contributed by atoms with Gasteiger partial charge in [-0.05, 0) is 30.5 Å². The van der Waals surface area contributed by atoms with Gasteiger partial charge in [-0.25, -0.2) is 14.8 Å². The first-order chi connectivity index (χ1) is 15.2. The zero-order valence-corrected chi connectivity index (χ0v) is 18.5. The van der Waals surface area contributed by atoms with Gasteiger partial charge in [0.25, 0.3) is 0 Å². The molecule has 0 fully saturated rings. The van der Waals surface area contributed by atoms with Crippen LogP contribution in [0.15, 0.2) is 72.9 Å². The topological polar surface area (TPSA) is 55.3 Å². The highest BCUT2D eigenvalue weighted by Gasteiger charge is 2.25.